The average Bonchev–Trinajstić information content (AvgIpc) is 2.96. The predicted octanol–water partition coefficient (Wildman–Crippen LogP) is 3.28. The smallest absolute Gasteiger partial charge is 0.181 e. The summed E-state index contributed by atoms with van der Waals surface area (Å²) in [7, 11) is 0. The van der Waals surface area contributed by atoms with Crippen molar-refractivity contribution in [1.29, 1.82) is 0 Å². The van der Waals surface area contributed by atoms with Crippen LogP contribution in [-0.4, -0.2) is 30.0 Å². The lowest BCUT2D eigenvalue weighted by Crippen LogP contribution is -2.40. The first-order valence-electron chi connectivity index (χ1n) is 7.81. The molecule has 1 aromatic carbocycles. The molecule has 3 rings (SSSR count). The number of ether oxygens (including phenoxy) is 1. The van der Waals surface area contributed by atoms with Gasteiger partial charge in [0.05, 0.1) is 12.6 Å². The molecule has 0 amide bonds. The van der Waals surface area contributed by atoms with Crippen molar-refractivity contribution < 1.29 is 9.53 Å². The van der Waals surface area contributed by atoms with E-state index < -0.39 is 0 Å². The fraction of sp³-hybridized carbons (Fsp3) is 0.471. The summed E-state index contributed by atoms with van der Waals surface area (Å²) < 4.78 is 5.67. The molecule has 1 atom stereocenters. The van der Waals surface area contributed by atoms with Gasteiger partial charge in [-0.1, -0.05) is 13.3 Å². The molecule has 0 saturated carbocycles. The molecule has 2 N–H and O–H groups in total. The summed E-state index contributed by atoms with van der Waals surface area (Å²) in [6.45, 7) is 3.71. The SMILES string of the molecule is CCCOc1ccc2[nH]cc(C(=O)C3CCCCN3)c2c1. The van der Waals surface area contributed by atoms with E-state index in [1.807, 2.05) is 24.4 Å². The van der Waals surface area contributed by atoms with E-state index in [4.69, 9.17) is 4.74 Å². The number of hydrogen-bond acceptors (Lipinski definition) is 3. The predicted molar refractivity (Wildman–Crippen MR) is 84.1 cm³/mol. The van der Waals surface area contributed by atoms with Crippen LogP contribution in [0.15, 0.2) is 24.4 Å². The topological polar surface area (TPSA) is 54.1 Å². The minimum absolute atomic E-state index is 0.0435. The Morgan fingerprint density at radius 3 is 3.05 bits per heavy atom. The van der Waals surface area contributed by atoms with E-state index >= 15 is 0 Å². The number of hydrogen-bond donors (Lipinski definition) is 2. The second kappa shape index (κ2) is 6.31. The van der Waals surface area contributed by atoms with Gasteiger partial charge < -0.3 is 15.0 Å². The van der Waals surface area contributed by atoms with Gasteiger partial charge >= 0.3 is 0 Å². The maximum absolute atomic E-state index is 12.7. The quantitative estimate of drug-likeness (QED) is 0.829. The van der Waals surface area contributed by atoms with Crippen LogP contribution in [-0.2, 0) is 0 Å². The van der Waals surface area contributed by atoms with Gasteiger partial charge in [-0.15, -0.1) is 0 Å². The van der Waals surface area contributed by atoms with Crippen molar-refractivity contribution in [3.8, 4) is 5.75 Å². The van der Waals surface area contributed by atoms with Crippen molar-refractivity contribution >= 4 is 16.7 Å². The van der Waals surface area contributed by atoms with Gasteiger partial charge in [-0.3, -0.25) is 4.79 Å². The normalized spacial score (nSPS) is 18.8. The maximum Gasteiger partial charge on any atom is 0.181 e. The fourth-order valence-electron chi connectivity index (χ4n) is 2.88. The third-order valence-corrected chi connectivity index (χ3v) is 4.02. The standard InChI is InChI=1S/C17H22N2O2/c1-2-9-21-12-6-7-15-13(10-12)14(11-19-15)17(20)16-5-3-4-8-18-16/h6-7,10-11,16,18-19H,2-5,8-9H2,1H3. The molecule has 1 aliphatic heterocycles. The van der Waals surface area contributed by atoms with E-state index in [9.17, 15) is 4.79 Å². The van der Waals surface area contributed by atoms with Crippen molar-refractivity contribution in [3.63, 3.8) is 0 Å². The summed E-state index contributed by atoms with van der Waals surface area (Å²) in [4.78, 5) is 15.9. The van der Waals surface area contributed by atoms with Crippen LogP contribution in [0, 0.1) is 0 Å². The van der Waals surface area contributed by atoms with Gasteiger partial charge in [0, 0.05) is 22.7 Å². The Labute approximate surface area is 124 Å². The maximum atomic E-state index is 12.7. The molecule has 112 valence electrons. The number of aromatic amines is 1. The largest absolute Gasteiger partial charge is 0.494 e. The van der Waals surface area contributed by atoms with E-state index in [0.29, 0.717) is 6.61 Å². The Morgan fingerprint density at radius 2 is 2.29 bits per heavy atom. The van der Waals surface area contributed by atoms with E-state index in [-0.39, 0.29) is 11.8 Å². The van der Waals surface area contributed by atoms with Gasteiger partial charge in [0.15, 0.2) is 5.78 Å². The molecule has 0 aliphatic carbocycles. The number of piperidine rings is 1. The molecule has 2 heterocycles. The van der Waals surface area contributed by atoms with Gasteiger partial charge in [0.25, 0.3) is 0 Å². The van der Waals surface area contributed by atoms with E-state index in [2.05, 4.69) is 17.2 Å². The number of carbonyl (C=O) groups excluding carboxylic acids is 1. The Bertz CT molecular complexity index is 627. The van der Waals surface area contributed by atoms with Crippen molar-refractivity contribution in [3.05, 3.63) is 30.0 Å². The molecule has 1 aromatic heterocycles. The summed E-state index contributed by atoms with van der Waals surface area (Å²) in [6, 6.07) is 5.85. The van der Waals surface area contributed by atoms with Crippen LogP contribution in [0.5, 0.6) is 5.75 Å². The number of nitrogens with one attached hydrogen (secondary N) is 2. The van der Waals surface area contributed by atoms with Crippen LogP contribution in [0.4, 0.5) is 0 Å². The van der Waals surface area contributed by atoms with Gasteiger partial charge in [-0.25, -0.2) is 0 Å². The van der Waals surface area contributed by atoms with Crippen LogP contribution >= 0.6 is 0 Å². The molecule has 21 heavy (non-hydrogen) atoms. The molecule has 1 aliphatic rings. The molecule has 0 bridgehead atoms. The molecular weight excluding hydrogens is 264 g/mol. The van der Waals surface area contributed by atoms with E-state index in [1.165, 1.54) is 0 Å². The highest BCUT2D eigenvalue weighted by Gasteiger charge is 2.24. The first-order chi connectivity index (χ1) is 10.3. The zero-order valence-electron chi connectivity index (χ0n) is 12.4. The van der Waals surface area contributed by atoms with Crippen LogP contribution in [0.2, 0.25) is 0 Å². The highest BCUT2D eigenvalue weighted by Crippen LogP contribution is 2.26. The Hall–Kier alpha value is -1.81. The highest BCUT2D eigenvalue weighted by molar-refractivity contribution is 6.10. The molecule has 0 radical (unpaired) electrons. The van der Waals surface area contributed by atoms with Crippen molar-refractivity contribution in [2.75, 3.05) is 13.2 Å². The lowest BCUT2D eigenvalue weighted by molar-refractivity contribution is 0.0929. The Kier molecular flexibility index (Phi) is 4.25. The van der Waals surface area contributed by atoms with Crippen molar-refractivity contribution in [2.45, 2.75) is 38.6 Å². The first-order valence-corrected chi connectivity index (χ1v) is 7.81. The zero-order chi connectivity index (χ0) is 14.7. The monoisotopic (exact) mass is 286 g/mol. The molecule has 2 aromatic rings. The molecule has 4 nitrogen and oxygen atoms in total. The number of H-pyrrole nitrogens is 1. The minimum atomic E-state index is -0.0435. The number of fused-ring (bicyclic) bond motifs is 1. The molecule has 1 fully saturated rings. The van der Waals surface area contributed by atoms with Crippen LogP contribution in [0.25, 0.3) is 10.9 Å². The number of ketones is 1. The zero-order valence-corrected chi connectivity index (χ0v) is 12.4. The summed E-state index contributed by atoms with van der Waals surface area (Å²) in [6.07, 6.45) is 6.01. The van der Waals surface area contributed by atoms with Crippen molar-refractivity contribution in [2.24, 2.45) is 0 Å². The number of aromatic nitrogens is 1. The van der Waals surface area contributed by atoms with Crippen LogP contribution < -0.4 is 10.1 Å². The number of rotatable bonds is 5. The summed E-state index contributed by atoms with van der Waals surface area (Å²) in [5, 5.41) is 4.29. The number of Topliss-reactive ketones (excluding diaryl/α,β-unsaturated/α-hetero) is 1. The average molecular weight is 286 g/mol. The minimum Gasteiger partial charge on any atom is -0.494 e. The molecular formula is C17H22N2O2. The summed E-state index contributed by atoms with van der Waals surface area (Å²) in [5.41, 5.74) is 1.75. The van der Waals surface area contributed by atoms with Crippen molar-refractivity contribution in [1.82, 2.24) is 10.3 Å². The first kappa shape index (κ1) is 14.1. The van der Waals surface area contributed by atoms with Gasteiger partial charge in [0.2, 0.25) is 0 Å². The third kappa shape index (κ3) is 2.95. The summed E-state index contributed by atoms with van der Waals surface area (Å²) >= 11 is 0. The summed E-state index contributed by atoms with van der Waals surface area (Å²) in [5.74, 6) is 1.02. The van der Waals surface area contributed by atoms with E-state index in [0.717, 1.165) is 54.4 Å². The molecule has 4 heteroatoms. The van der Waals surface area contributed by atoms with Crippen LogP contribution in [0.1, 0.15) is 43.0 Å². The Morgan fingerprint density at radius 1 is 1.38 bits per heavy atom. The Balaban J connectivity index is 1.88. The third-order valence-electron chi connectivity index (χ3n) is 4.02. The van der Waals surface area contributed by atoms with Gasteiger partial charge in [-0.05, 0) is 44.0 Å². The molecule has 1 saturated heterocycles. The van der Waals surface area contributed by atoms with Gasteiger partial charge in [0.1, 0.15) is 5.75 Å². The lowest BCUT2D eigenvalue weighted by atomic mass is 9.96. The van der Waals surface area contributed by atoms with E-state index in [1.54, 1.807) is 0 Å². The molecule has 1 unspecified atom stereocenters. The molecule has 0 spiro atoms. The second-order valence-electron chi connectivity index (χ2n) is 5.62. The number of benzene rings is 1. The fourth-order valence-corrected chi connectivity index (χ4v) is 2.88. The second-order valence-corrected chi connectivity index (χ2v) is 5.62. The van der Waals surface area contributed by atoms with Crippen LogP contribution in [0.3, 0.4) is 0 Å². The lowest BCUT2D eigenvalue weighted by Gasteiger charge is -2.21. The highest BCUT2D eigenvalue weighted by atomic mass is 16.5. The number of carbonyl (C=O) groups is 1. The van der Waals surface area contributed by atoms with Gasteiger partial charge in [-0.2, -0.15) is 0 Å².